The van der Waals surface area contributed by atoms with Gasteiger partial charge in [0.1, 0.15) is 11.6 Å². The van der Waals surface area contributed by atoms with Gasteiger partial charge in [-0.1, -0.05) is 40.6 Å². The van der Waals surface area contributed by atoms with Crippen LogP contribution in [0, 0.1) is 32.1 Å². The average Bonchev–Trinajstić information content (AvgIpc) is 2.96. The van der Waals surface area contributed by atoms with Crippen molar-refractivity contribution in [3.8, 4) is 6.07 Å². The molecule has 0 aliphatic carbocycles. The van der Waals surface area contributed by atoms with Gasteiger partial charge in [-0.3, -0.25) is 4.79 Å². The van der Waals surface area contributed by atoms with E-state index < -0.39 is 5.56 Å². The number of benzene rings is 1. The zero-order valence-electron chi connectivity index (χ0n) is 14.9. The van der Waals surface area contributed by atoms with Crippen LogP contribution in [0.1, 0.15) is 27.3 Å². The largest absolute Gasteiger partial charge is 0.331 e. The van der Waals surface area contributed by atoms with Gasteiger partial charge in [-0.25, -0.2) is 9.66 Å². The van der Waals surface area contributed by atoms with Crippen LogP contribution in [-0.4, -0.2) is 15.9 Å². The van der Waals surface area contributed by atoms with E-state index in [4.69, 9.17) is 16.9 Å². The SMILES string of the molecule is Cc1ccc(Nc2nc(Cl)c(/C=N/n3c(C)cc(C)c(C#N)c3=O)s2)cc1. The highest BCUT2D eigenvalue weighted by molar-refractivity contribution is 7.17. The molecule has 1 aromatic carbocycles. The van der Waals surface area contributed by atoms with Crippen LogP contribution < -0.4 is 10.9 Å². The molecule has 136 valence electrons. The molecule has 2 heterocycles. The van der Waals surface area contributed by atoms with Crippen molar-refractivity contribution in [2.45, 2.75) is 20.8 Å². The van der Waals surface area contributed by atoms with Gasteiger partial charge in [-0.15, -0.1) is 0 Å². The minimum absolute atomic E-state index is 0.0786. The van der Waals surface area contributed by atoms with Gasteiger partial charge in [-0.2, -0.15) is 10.4 Å². The predicted octanol–water partition coefficient (Wildman–Crippen LogP) is 4.38. The Morgan fingerprint density at radius 2 is 2.00 bits per heavy atom. The summed E-state index contributed by atoms with van der Waals surface area (Å²) in [5.74, 6) is 0. The first-order valence-corrected chi connectivity index (χ1v) is 9.26. The number of nitrogens with one attached hydrogen (secondary N) is 1. The molecule has 0 spiro atoms. The van der Waals surface area contributed by atoms with Crippen molar-refractivity contribution in [1.29, 1.82) is 5.26 Å². The Kier molecular flexibility index (Phi) is 5.40. The van der Waals surface area contributed by atoms with Crippen molar-refractivity contribution in [1.82, 2.24) is 9.66 Å². The number of nitriles is 1. The van der Waals surface area contributed by atoms with Crippen molar-refractivity contribution >= 4 is 40.0 Å². The second-order valence-corrected chi connectivity index (χ2v) is 7.37. The van der Waals surface area contributed by atoms with Crippen LogP contribution in [-0.2, 0) is 0 Å². The number of rotatable bonds is 4. The summed E-state index contributed by atoms with van der Waals surface area (Å²) in [4.78, 5) is 17.3. The lowest BCUT2D eigenvalue weighted by Gasteiger charge is -2.05. The molecule has 3 aromatic rings. The fourth-order valence-corrected chi connectivity index (χ4v) is 3.52. The maximum absolute atomic E-state index is 12.4. The van der Waals surface area contributed by atoms with Crippen LogP contribution >= 0.6 is 22.9 Å². The number of hydrogen-bond donors (Lipinski definition) is 1. The molecule has 0 bridgehead atoms. The van der Waals surface area contributed by atoms with Gasteiger partial charge in [0.05, 0.1) is 11.1 Å². The third-order valence-electron chi connectivity index (χ3n) is 3.87. The number of aromatic nitrogens is 2. The van der Waals surface area contributed by atoms with Crippen LogP contribution in [0.5, 0.6) is 0 Å². The third kappa shape index (κ3) is 4.08. The summed E-state index contributed by atoms with van der Waals surface area (Å²) in [7, 11) is 0. The highest BCUT2D eigenvalue weighted by Gasteiger charge is 2.11. The Morgan fingerprint density at radius 1 is 1.30 bits per heavy atom. The monoisotopic (exact) mass is 397 g/mol. The van der Waals surface area contributed by atoms with Crippen molar-refractivity contribution in [2.75, 3.05) is 5.32 Å². The Labute approximate surface area is 165 Å². The van der Waals surface area contributed by atoms with Gasteiger partial charge in [0, 0.05) is 11.4 Å². The Bertz CT molecular complexity index is 1120. The van der Waals surface area contributed by atoms with Crippen LogP contribution in [0.4, 0.5) is 10.8 Å². The summed E-state index contributed by atoms with van der Waals surface area (Å²) < 4.78 is 1.19. The van der Waals surface area contributed by atoms with E-state index in [0.717, 1.165) is 5.69 Å². The van der Waals surface area contributed by atoms with E-state index in [1.54, 1.807) is 19.9 Å². The molecule has 1 N–H and O–H groups in total. The van der Waals surface area contributed by atoms with Crippen LogP contribution in [0.3, 0.4) is 0 Å². The molecule has 0 saturated heterocycles. The molecule has 2 aromatic heterocycles. The maximum atomic E-state index is 12.4. The molecule has 6 nitrogen and oxygen atoms in total. The third-order valence-corrected chi connectivity index (χ3v) is 5.18. The fourth-order valence-electron chi connectivity index (χ4n) is 2.48. The van der Waals surface area contributed by atoms with E-state index >= 15 is 0 Å². The number of nitrogens with zero attached hydrogens (tertiary/aromatic N) is 4. The minimum atomic E-state index is -0.454. The fraction of sp³-hybridized carbons (Fsp3) is 0.158. The summed E-state index contributed by atoms with van der Waals surface area (Å²) in [6.07, 6.45) is 1.48. The lowest BCUT2D eigenvalue weighted by Crippen LogP contribution is -2.22. The maximum Gasteiger partial charge on any atom is 0.289 e. The Hall–Kier alpha value is -2.95. The van der Waals surface area contributed by atoms with E-state index in [1.807, 2.05) is 37.3 Å². The average molecular weight is 398 g/mol. The molecule has 0 fully saturated rings. The van der Waals surface area contributed by atoms with Crippen molar-refractivity contribution in [3.63, 3.8) is 0 Å². The molecular formula is C19H16ClN5OS. The molecule has 0 aliphatic heterocycles. The quantitative estimate of drug-likeness (QED) is 0.662. The summed E-state index contributed by atoms with van der Waals surface area (Å²) in [5.41, 5.74) is 2.96. The van der Waals surface area contributed by atoms with Crippen LogP contribution in [0.25, 0.3) is 0 Å². The molecular weight excluding hydrogens is 382 g/mol. The zero-order chi connectivity index (χ0) is 19.6. The molecule has 0 atom stereocenters. The highest BCUT2D eigenvalue weighted by atomic mass is 35.5. The Morgan fingerprint density at radius 3 is 2.67 bits per heavy atom. The first kappa shape index (κ1) is 18.8. The minimum Gasteiger partial charge on any atom is -0.331 e. The topological polar surface area (TPSA) is 83.1 Å². The van der Waals surface area contributed by atoms with E-state index in [9.17, 15) is 4.79 Å². The number of anilines is 2. The standard InChI is InChI=1S/C19H16ClN5OS/c1-11-4-6-14(7-5-11)23-19-24-17(20)16(27-19)10-22-25-13(3)8-12(2)15(9-21)18(25)26/h4-8,10H,1-3H3,(H,23,24)/b22-10+. The lowest BCUT2D eigenvalue weighted by atomic mass is 10.1. The Balaban J connectivity index is 1.89. The summed E-state index contributed by atoms with van der Waals surface area (Å²) >= 11 is 7.51. The number of aryl methyl sites for hydroxylation is 3. The second-order valence-electron chi connectivity index (χ2n) is 5.98. The van der Waals surface area contributed by atoms with E-state index in [-0.39, 0.29) is 10.7 Å². The van der Waals surface area contributed by atoms with Gasteiger partial charge in [0.15, 0.2) is 10.3 Å². The van der Waals surface area contributed by atoms with Crippen LogP contribution in [0.15, 0.2) is 40.2 Å². The van der Waals surface area contributed by atoms with Gasteiger partial charge in [-0.05, 0) is 44.5 Å². The zero-order valence-corrected chi connectivity index (χ0v) is 16.5. The molecule has 0 unspecified atom stereocenters. The molecule has 0 amide bonds. The van der Waals surface area contributed by atoms with Gasteiger partial charge in [0.2, 0.25) is 0 Å². The van der Waals surface area contributed by atoms with Crippen molar-refractivity contribution in [3.05, 3.63) is 73.1 Å². The van der Waals surface area contributed by atoms with Crippen molar-refractivity contribution in [2.24, 2.45) is 5.10 Å². The molecule has 0 saturated carbocycles. The number of thiazole rings is 1. The smallest absolute Gasteiger partial charge is 0.289 e. The molecule has 0 radical (unpaired) electrons. The second kappa shape index (κ2) is 7.74. The van der Waals surface area contributed by atoms with E-state index in [2.05, 4.69) is 15.4 Å². The highest BCUT2D eigenvalue weighted by Crippen LogP contribution is 2.28. The number of pyridine rings is 1. The van der Waals surface area contributed by atoms with Gasteiger partial charge >= 0.3 is 0 Å². The first-order chi connectivity index (χ1) is 12.9. The predicted molar refractivity (Wildman–Crippen MR) is 109 cm³/mol. The molecule has 0 aliphatic rings. The normalized spacial score (nSPS) is 10.9. The summed E-state index contributed by atoms with van der Waals surface area (Å²) in [5, 5.41) is 17.5. The molecule has 8 heteroatoms. The van der Waals surface area contributed by atoms with E-state index in [1.165, 1.54) is 27.8 Å². The first-order valence-electron chi connectivity index (χ1n) is 8.06. The van der Waals surface area contributed by atoms with Crippen molar-refractivity contribution < 1.29 is 0 Å². The van der Waals surface area contributed by atoms with Gasteiger partial charge < -0.3 is 5.32 Å². The lowest BCUT2D eigenvalue weighted by molar-refractivity contribution is 0.787. The molecule has 3 rings (SSSR count). The number of hydrogen-bond acceptors (Lipinski definition) is 6. The summed E-state index contributed by atoms with van der Waals surface area (Å²) in [6, 6.07) is 11.6. The van der Waals surface area contributed by atoms with Crippen LogP contribution in [0.2, 0.25) is 5.15 Å². The molecule has 27 heavy (non-hydrogen) atoms. The van der Waals surface area contributed by atoms with Gasteiger partial charge in [0.25, 0.3) is 5.56 Å². The number of halogens is 1. The summed E-state index contributed by atoms with van der Waals surface area (Å²) in [6.45, 7) is 5.50. The van der Waals surface area contributed by atoms with E-state index in [0.29, 0.717) is 21.3 Å².